The van der Waals surface area contributed by atoms with E-state index in [1.807, 2.05) is 6.92 Å². The highest BCUT2D eigenvalue weighted by atomic mass is 32.1. The minimum absolute atomic E-state index is 0.220. The fraction of sp³-hybridized carbons (Fsp3) is 0.333. The van der Waals surface area contributed by atoms with Crippen molar-refractivity contribution in [1.29, 1.82) is 0 Å². The van der Waals surface area contributed by atoms with E-state index >= 15 is 0 Å². The Balaban J connectivity index is 2.70. The summed E-state index contributed by atoms with van der Waals surface area (Å²) < 4.78 is 0. The molecule has 1 amide bonds. The smallest absolute Gasteiger partial charge is 0.275 e. The van der Waals surface area contributed by atoms with Crippen molar-refractivity contribution in [3.05, 3.63) is 16.6 Å². The van der Waals surface area contributed by atoms with Gasteiger partial charge in [-0.05, 0) is 6.92 Å². The molecule has 5 heteroatoms. The first-order chi connectivity index (χ1) is 5.25. The van der Waals surface area contributed by atoms with E-state index in [4.69, 9.17) is 5.84 Å². The van der Waals surface area contributed by atoms with Crippen LogP contribution in [0, 0.1) is 0 Å². The first-order valence-corrected chi connectivity index (χ1v) is 4.09. The lowest BCUT2D eigenvalue weighted by atomic mass is 10.6. The van der Waals surface area contributed by atoms with Crippen LogP contribution in [0.3, 0.4) is 0 Å². The van der Waals surface area contributed by atoms with Gasteiger partial charge in [0.2, 0.25) is 0 Å². The number of amides is 1. The van der Waals surface area contributed by atoms with Gasteiger partial charge in [0.05, 0.1) is 0 Å². The van der Waals surface area contributed by atoms with Crippen LogP contribution in [0.4, 0.5) is 0 Å². The lowest BCUT2D eigenvalue weighted by molar-refractivity contribution is 0.0764. The van der Waals surface area contributed by atoms with Crippen LogP contribution < -0.4 is 5.84 Å². The summed E-state index contributed by atoms with van der Waals surface area (Å²) in [5.41, 5.74) is 0. The molecule has 0 aliphatic carbocycles. The molecular formula is C6H9N3OS. The van der Waals surface area contributed by atoms with E-state index in [-0.39, 0.29) is 5.91 Å². The Kier molecular flexibility index (Phi) is 2.56. The molecule has 11 heavy (non-hydrogen) atoms. The molecule has 0 spiro atoms. The van der Waals surface area contributed by atoms with Gasteiger partial charge in [0, 0.05) is 18.1 Å². The Morgan fingerprint density at radius 1 is 1.91 bits per heavy atom. The predicted molar refractivity (Wildman–Crippen MR) is 43.0 cm³/mol. The second-order valence-electron chi connectivity index (χ2n) is 1.93. The molecule has 0 unspecified atom stereocenters. The molecule has 4 nitrogen and oxygen atoms in total. The second kappa shape index (κ2) is 3.45. The number of aromatic nitrogens is 1. The SMILES string of the molecule is CCN(N)C(=O)c1nccs1. The minimum atomic E-state index is -0.220. The maximum absolute atomic E-state index is 11.2. The number of thiazole rings is 1. The van der Waals surface area contributed by atoms with E-state index < -0.39 is 0 Å². The fourth-order valence-corrected chi connectivity index (χ4v) is 1.19. The molecule has 2 N–H and O–H groups in total. The van der Waals surface area contributed by atoms with Gasteiger partial charge >= 0.3 is 0 Å². The zero-order valence-corrected chi connectivity index (χ0v) is 6.97. The predicted octanol–water partition coefficient (Wildman–Crippen LogP) is 0.479. The lowest BCUT2D eigenvalue weighted by Crippen LogP contribution is -2.36. The molecular weight excluding hydrogens is 162 g/mol. The second-order valence-corrected chi connectivity index (χ2v) is 2.82. The lowest BCUT2D eigenvalue weighted by Gasteiger charge is -2.10. The van der Waals surface area contributed by atoms with Crippen LogP contribution in [0.25, 0.3) is 0 Å². The van der Waals surface area contributed by atoms with Gasteiger partial charge in [-0.3, -0.25) is 9.80 Å². The fourth-order valence-electron chi connectivity index (χ4n) is 0.596. The van der Waals surface area contributed by atoms with E-state index in [9.17, 15) is 4.79 Å². The van der Waals surface area contributed by atoms with Crippen molar-refractivity contribution in [3.8, 4) is 0 Å². The maximum atomic E-state index is 11.2. The Hall–Kier alpha value is -0.940. The number of nitrogens with zero attached hydrogens (tertiary/aromatic N) is 2. The van der Waals surface area contributed by atoms with Gasteiger partial charge < -0.3 is 0 Å². The zero-order valence-electron chi connectivity index (χ0n) is 6.15. The number of hydrazine groups is 1. The standard InChI is InChI=1S/C6H9N3OS/c1-2-9(7)6(10)5-8-3-4-11-5/h3-4H,2,7H2,1H3. The molecule has 0 aliphatic rings. The van der Waals surface area contributed by atoms with Gasteiger partial charge in [-0.2, -0.15) is 0 Å². The van der Waals surface area contributed by atoms with Crippen LogP contribution in [-0.2, 0) is 0 Å². The van der Waals surface area contributed by atoms with Gasteiger partial charge in [0.1, 0.15) is 0 Å². The summed E-state index contributed by atoms with van der Waals surface area (Å²) in [7, 11) is 0. The van der Waals surface area contributed by atoms with Crippen molar-refractivity contribution in [2.24, 2.45) is 5.84 Å². The summed E-state index contributed by atoms with van der Waals surface area (Å²) in [6, 6.07) is 0. The van der Waals surface area contributed by atoms with Crippen molar-refractivity contribution >= 4 is 17.2 Å². The van der Waals surface area contributed by atoms with Crippen LogP contribution in [0.15, 0.2) is 11.6 Å². The average molecular weight is 171 g/mol. The van der Waals surface area contributed by atoms with Crippen LogP contribution in [0.5, 0.6) is 0 Å². The monoisotopic (exact) mass is 171 g/mol. The molecule has 1 aromatic heterocycles. The Bertz CT molecular complexity index is 234. The number of carbonyl (C=O) groups excluding carboxylic acids is 1. The Labute approximate surface area is 68.6 Å². The molecule has 0 aliphatic heterocycles. The largest absolute Gasteiger partial charge is 0.296 e. The average Bonchev–Trinajstić information content (AvgIpc) is 2.53. The van der Waals surface area contributed by atoms with Crippen LogP contribution >= 0.6 is 11.3 Å². The van der Waals surface area contributed by atoms with Gasteiger partial charge in [0.15, 0.2) is 5.01 Å². The van der Waals surface area contributed by atoms with Crippen molar-refractivity contribution in [2.75, 3.05) is 6.54 Å². The molecule has 0 bridgehead atoms. The van der Waals surface area contributed by atoms with Crippen LogP contribution in [-0.4, -0.2) is 22.4 Å². The van der Waals surface area contributed by atoms with E-state index in [2.05, 4.69) is 4.98 Å². The molecule has 0 fully saturated rings. The number of nitrogens with two attached hydrogens (primary N) is 1. The first-order valence-electron chi connectivity index (χ1n) is 3.21. The highest BCUT2D eigenvalue weighted by Gasteiger charge is 2.11. The molecule has 1 aromatic rings. The normalized spacial score (nSPS) is 9.64. The maximum Gasteiger partial charge on any atom is 0.296 e. The van der Waals surface area contributed by atoms with Crippen molar-refractivity contribution in [2.45, 2.75) is 6.92 Å². The summed E-state index contributed by atoms with van der Waals surface area (Å²) in [5, 5.41) is 3.32. The highest BCUT2D eigenvalue weighted by molar-refractivity contribution is 7.11. The van der Waals surface area contributed by atoms with E-state index in [0.29, 0.717) is 11.6 Å². The molecule has 0 radical (unpaired) electrons. The molecule has 0 saturated carbocycles. The molecule has 0 aromatic carbocycles. The summed E-state index contributed by atoms with van der Waals surface area (Å²) >= 11 is 1.29. The Morgan fingerprint density at radius 2 is 2.64 bits per heavy atom. The third-order valence-electron chi connectivity index (χ3n) is 1.22. The van der Waals surface area contributed by atoms with Crippen LogP contribution in [0.1, 0.15) is 16.7 Å². The molecule has 60 valence electrons. The number of rotatable bonds is 2. The molecule has 1 rings (SSSR count). The van der Waals surface area contributed by atoms with Crippen LogP contribution in [0.2, 0.25) is 0 Å². The van der Waals surface area contributed by atoms with Gasteiger partial charge in [-0.1, -0.05) is 0 Å². The number of hydrogen-bond donors (Lipinski definition) is 1. The molecule has 0 saturated heterocycles. The summed E-state index contributed by atoms with van der Waals surface area (Å²) in [6.07, 6.45) is 1.58. The number of hydrogen-bond acceptors (Lipinski definition) is 4. The minimum Gasteiger partial charge on any atom is -0.275 e. The summed E-state index contributed by atoms with van der Waals surface area (Å²) in [5.74, 6) is 5.14. The highest BCUT2D eigenvalue weighted by Crippen LogP contribution is 2.05. The zero-order chi connectivity index (χ0) is 8.27. The third kappa shape index (κ3) is 1.75. The summed E-state index contributed by atoms with van der Waals surface area (Å²) in [6.45, 7) is 2.31. The van der Waals surface area contributed by atoms with Gasteiger partial charge in [-0.15, -0.1) is 11.3 Å². The quantitative estimate of drug-likeness (QED) is 0.400. The van der Waals surface area contributed by atoms with E-state index in [1.165, 1.54) is 11.3 Å². The van der Waals surface area contributed by atoms with Gasteiger partial charge in [0.25, 0.3) is 5.91 Å². The van der Waals surface area contributed by atoms with Crippen molar-refractivity contribution in [3.63, 3.8) is 0 Å². The van der Waals surface area contributed by atoms with Crippen molar-refractivity contribution < 1.29 is 4.79 Å². The summed E-state index contributed by atoms with van der Waals surface area (Å²) in [4.78, 5) is 15.0. The van der Waals surface area contributed by atoms with Crippen molar-refractivity contribution in [1.82, 2.24) is 9.99 Å². The third-order valence-corrected chi connectivity index (χ3v) is 1.98. The molecule has 0 atom stereocenters. The molecule has 1 heterocycles. The van der Waals surface area contributed by atoms with E-state index in [1.54, 1.807) is 11.6 Å². The first kappa shape index (κ1) is 8.16. The Morgan fingerprint density at radius 3 is 3.09 bits per heavy atom. The van der Waals surface area contributed by atoms with Gasteiger partial charge in [-0.25, -0.2) is 10.8 Å². The topological polar surface area (TPSA) is 59.2 Å². The number of carbonyl (C=O) groups is 1. The van der Waals surface area contributed by atoms with E-state index in [0.717, 1.165) is 5.01 Å².